The fourth-order valence-corrected chi connectivity index (χ4v) is 7.76. The molecule has 2 aliphatic heterocycles. The Morgan fingerprint density at radius 1 is 1.00 bits per heavy atom. The number of hydrogen-bond donors (Lipinski definition) is 3. The van der Waals surface area contributed by atoms with E-state index in [9.17, 15) is 29.1 Å². The fourth-order valence-electron chi connectivity index (χ4n) is 7.76. The number of allylic oxidation sites excluding steroid dienone is 1. The summed E-state index contributed by atoms with van der Waals surface area (Å²) in [5.41, 5.74) is 4.54. The second-order valence-corrected chi connectivity index (χ2v) is 14.1. The molecule has 3 aromatic heterocycles. The van der Waals surface area contributed by atoms with Gasteiger partial charge in [0.2, 0.25) is 17.8 Å². The number of rotatable bonds is 10. The number of piperidine rings is 1. The summed E-state index contributed by atoms with van der Waals surface area (Å²) in [6, 6.07) is 15.9. The molecule has 1 aliphatic carbocycles. The molecular weight excluding hydrogens is 717 g/mol. The number of carbonyl (C=O) groups excluding carboxylic acids is 4. The van der Waals surface area contributed by atoms with E-state index in [1.165, 1.54) is 22.8 Å². The summed E-state index contributed by atoms with van der Waals surface area (Å²) in [4.78, 5) is 82.9. The average molecular weight is 757 g/mol. The van der Waals surface area contributed by atoms with E-state index in [0.29, 0.717) is 73.1 Å². The minimum atomic E-state index is -0.798. The number of aldehydes is 1. The van der Waals surface area contributed by atoms with Crippen LogP contribution in [0.25, 0.3) is 16.9 Å². The Kier molecular flexibility index (Phi) is 9.64. The van der Waals surface area contributed by atoms with Crippen molar-refractivity contribution in [3.8, 4) is 5.82 Å². The number of aromatic nitrogens is 5. The van der Waals surface area contributed by atoms with Crippen LogP contribution in [0.3, 0.4) is 0 Å². The summed E-state index contributed by atoms with van der Waals surface area (Å²) in [6.07, 6.45) is 4.87. The zero-order chi connectivity index (χ0) is 39.1. The maximum absolute atomic E-state index is 13.5. The van der Waals surface area contributed by atoms with Crippen LogP contribution in [0, 0.1) is 0 Å². The molecule has 5 heterocycles. The van der Waals surface area contributed by atoms with Crippen LogP contribution in [-0.2, 0) is 22.6 Å². The maximum atomic E-state index is 13.5. The molecule has 0 spiro atoms. The maximum Gasteiger partial charge on any atom is 0.278 e. The van der Waals surface area contributed by atoms with E-state index in [1.807, 2.05) is 42.5 Å². The third-order valence-electron chi connectivity index (χ3n) is 10.7. The number of aliphatic hydroxyl groups excluding tert-OH is 1. The van der Waals surface area contributed by atoms with Gasteiger partial charge in [-0.25, -0.2) is 19.3 Å². The Morgan fingerprint density at radius 3 is 2.50 bits per heavy atom. The molecule has 3 N–H and O–H groups in total. The van der Waals surface area contributed by atoms with Crippen molar-refractivity contribution in [2.45, 2.75) is 44.4 Å². The average Bonchev–Trinajstić information content (AvgIpc) is 3.72. The highest BCUT2D eigenvalue weighted by Gasteiger charge is 2.34. The van der Waals surface area contributed by atoms with Crippen LogP contribution < -0.4 is 26.0 Å². The Bertz CT molecular complexity index is 2450. The molecule has 5 aromatic rings. The number of nitrogens with zero attached hydrogens (tertiary/aromatic N) is 8. The molecule has 0 radical (unpaired) electrons. The van der Waals surface area contributed by atoms with Crippen molar-refractivity contribution in [2.24, 2.45) is 0 Å². The summed E-state index contributed by atoms with van der Waals surface area (Å²) in [7, 11) is 1.51. The zero-order valence-corrected chi connectivity index (χ0v) is 30.7. The number of pyridine rings is 1. The molecule has 8 rings (SSSR count). The van der Waals surface area contributed by atoms with E-state index in [1.54, 1.807) is 22.9 Å². The van der Waals surface area contributed by atoms with Gasteiger partial charge in [-0.05, 0) is 67.3 Å². The summed E-state index contributed by atoms with van der Waals surface area (Å²) in [6.45, 7) is 6.55. The lowest BCUT2D eigenvalue weighted by Gasteiger charge is -2.38. The second-order valence-electron chi connectivity index (χ2n) is 14.1. The highest BCUT2D eigenvalue weighted by atomic mass is 16.3. The van der Waals surface area contributed by atoms with Gasteiger partial charge in [0.1, 0.15) is 11.4 Å². The number of carbonyl (C=O) groups is 4. The number of aryl methyl sites for hydroxylation is 1. The van der Waals surface area contributed by atoms with E-state index < -0.39 is 24.0 Å². The van der Waals surface area contributed by atoms with Crippen molar-refractivity contribution in [3.05, 3.63) is 106 Å². The van der Waals surface area contributed by atoms with Crippen LogP contribution in [0.5, 0.6) is 0 Å². The summed E-state index contributed by atoms with van der Waals surface area (Å²) in [5.74, 6) is -0.592. The predicted molar refractivity (Wildman–Crippen MR) is 209 cm³/mol. The van der Waals surface area contributed by atoms with Gasteiger partial charge in [0.15, 0.2) is 17.8 Å². The number of aliphatic hydroxyl groups is 1. The van der Waals surface area contributed by atoms with Gasteiger partial charge >= 0.3 is 0 Å². The first-order chi connectivity index (χ1) is 27.1. The normalized spacial score (nSPS) is 18.1. The topological polar surface area (TPSA) is 188 Å². The molecule has 16 heteroatoms. The standard InChI is InChI=1S/C40H40N10O6/c1-3-17-49-39(56)28-22-41-40(45-36(28)50(49)33-15-8-24-7-14-32(52)35(24)43-33)42-25-9-11-26(12-10-25)47-18-20-48(21-19-47)30-6-4-5-27(29(30)23-51)38(55)46(2)31-13-16-34(53)44-37(31)54/h3-6,8-12,15,22-23,31-32,52H,1,7,13-14,16-21H2,2H3,(H,41,42,45)(H,44,53,54). The van der Waals surface area contributed by atoms with Crippen LogP contribution in [-0.4, -0.2) is 97.6 Å². The first-order valence-electron chi connectivity index (χ1n) is 18.5. The van der Waals surface area contributed by atoms with Gasteiger partial charge in [-0.3, -0.25) is 29.3 Å². The predicted octanol–water partition coefficient (Wildman–Crippen LogP) is 2.90. The van der Waals surface area contributed by atoms with E-state index in [0.717, 1.165) is 23.4 Å². The zero-order valence-electron chi connectivity index (χ0n) is 30.7. The van der Waals surface area contributed by atoms with Crippen molar-refractivity contribution < 1.29 is 24.3 Å². The number of likely N-dealkylation sites (N-methyl/N-ethyl adjacent to an activating group) is 1. The third-order valence-corrected chi connectivity index (χ3v) is 10.7. The van der Waals surface area contributed by atoms with E-state index >= 15 is 0 Å². The van der Waals surface area contributed by atoms with Gasteiger partial charge in [0.25, 0.3) is 11.5 Å². The minimum absolute atomic E-state index is 0.140. The third kappa shape index (κ3) is 6.57. The number of amides is 3. The monoisotopic (exact) mass is 756 g/mol. The smallest absolute Gasteiger partial charge is 0.278 e. The number of imide groups is 1. The largest absolute Gasteiger partial charge is 0.387 e. The van der Waals surface area contributed by atoms with Crippen LogP contribution in [0.4, 0.5) is 23.0 Å². The Hall–Kier alpha value is -6.68. The van der Waals surface area contributed by atoms with Gasteiger partial charge in [0.05, 0.1) is 29.5 Å². The first kappa shape index (κ1) is 36.3. The van der Waals surface area contributed by atoms with E-state index in [-0.39, 0.29) is 42.0 Å². The van der Waals surface area contributed by atoms with Crippen molar-refractivity contribution in [2.75, 3.05) is 48.3 Å². The van der Waals surface area contributed by atoms with Crippen LogP contribution in [0.1, 0.15) is 57.3 Å². The Morgan fingerprint density at radius 2 is 1.77 bits per heavy atom. The molecule has 2 saturated heterocycles. The van der Waals surface area contributed by atoms with Gasteiger partial charge < -0.3 is 25.1 Å². The second kappa shape index (κ2) is 14.9. The number of piperazine rings is 1. The highest BCUT2D eigenvalue weighted by Crippen LogP contribution is 2.31. The van der Waals surface area contributed by atoms with E-state index in [2.05, 4.69) is 32.0 Å². The number of hydrogen-bond acceptors (Lipinski definition) is 12. The van der Waals surface area contributed by atoms with Crippen molar-refractivity contribution in [1.82, 2.24) is 34.5 Å². The number of nitrogens with one attached hydrogen (secondary N) is 2. The first-order valence-corrected chi connectivity index (χ1v) is 18.5. The van der Waals surface area contributed by atoms with Gasteiger partial charge in [-0.2, -0.15) is 4.98 Å². The molecule has 2 aromatic carbocycles. The molecule has 2 unspecified atom stereocenters. The molecule has 3 aliphatic rings. The summed E-state index contributed by atoms with van der Waals surface area (Å²) in [5, 5.41) is 16.3. The SMILES string of the molecule is C=CCn1c(=O)c2cnc(Nc3ccc(N4CCN(c5cccc(C(=O)N(C)C6CCC(=O)NC6=O)c5C=O)CC4)cc3)nc2n1-c1ccc2c(n1)C(O)CC2. The lowest BCUT2D eigenvalue weighted by atomic mass is 10.0. The van der Waals surface area contributed by atoms with Crippen molar-refractivity contribution >= 4 is 58.1 Å². The number of benzene rings is 2. The quantitative estimate of drug-likeness (QED) is 0.108. The number of anilines is 4. The van der Waals surface area contributed by atoms with E-state index in [4.69, 9.17) is 9.97 Å². The van der Waals surface area contributed by atoms with Crippen molar-refractivity contribution in [3.63, 3.8) is 0 Å². The fraction of sp³-hybridized carbons (Fsp3) is 0.300. The highest BCUT2D eigenvalue weighted by molar-refractivity contribution is 6.07. The van der Waals surface area contributed by atoms with Crippen molar-refractivity contribution in [1.29, 1.82) is 0 Å². The minimum Gasteiger partial charge on any atom is -0.387 e. The molecule has 0 bridgehead atoms. The molecule has 2 fully saturated rings. The van der Waals surface area contributed by atoms with Gasteiger partial charge in [-0.1, -0.05) is 18.2 Å². The Labute approximate surface area is 321 Å². The lowest BCUT2D eigenvalue weighted by molar-refractivity contribution is -0.136. The summed E-state index contributed by atoms with van der Waals surface area (Å²) >= 11 is 0. The molecule has 0 saturated carbocycles. The van der Waals surface area contributed by atoms with Gasteiger partial charge in [0, 0.05) is 62.9 Å². The van der Waals surface area contributed by atoms with Crippen LogP contribution in [0.2, 0.25) is 0 Å². The molecule has 3 amide bonds. The van der Waals surface area contributed by atoms with Crippen LogP contribution in [0.15, 0.2) is 78.2 Å². The summed E-state index contributed by atoms with van der Waals surface area (Å²) < 4.78 is 3.14. The van der Waals surface area contributed by atoms with Crippen LogP contribution >= 0.6 is 0 Å². The lowest BCUT2D eigenvalue weighted by Crippen LogP contribution is -2.53. The van der Waals surface area contributed by atoms with Gasteiger partial charge in [-0.15, -0.1) is 6.58 Å². The molecule has 16 nitrogen and oxygen atoms in total. The molecule has 2 atom stereocenters. The molecule has 56 heavy (non-hydrogen) atoms. The molecule has 286 valence electrons. The number of fused-ring (bicyclic) bond motifs is 2. The molecular formula is C40H40N10O6. The Balaban J connectivity index is 0.959.